The van der Waals surface area contributed by atoms with Gasteiger partial charge in [-0.2, -0.15) is 0 Å². The first-order valence-corrected chi connectivity index (χ1v) is 7.84. The molecule has 128 valence electrons. The van der Waals surface area contributed by atoms with Gasteiger partial charge in [-0.15, -0.1) is 0 Å². The molecule has 0 heterocycles. The van der Waals surface area contributed by atoms with E-state index < -0.39 is 0 Å². The van der Waals surface area contributed by atoms with Gasteiger partial charge in [-0.05, 0) is 34.0 Å². The molecule has 0 radical (unpaired) electrons. The molecule has 0 aliphatic rings. The number of hydrogen-bond donors (Lipinski definition) is 2. The van der Waals surface area contributed by atoms with Crippen LogP contribution in [0.25, 0.3) is 0 Å². The van der Waals surface area contributed by atoms with Crippen LogP contribution < -0.4 is 15.4 Å². The minimum atomic E-state index is 0.0442. The van der Waals surface area contributed by atoms with E-state index in [4.69, 9.17) is 4.74 Å². The smallest absolute Gasteiger partial charge is 0.191 e. The summed E-state index contributed by atoms with van der Waals surface area (Å²) in [6.45, 7) is 10.0. The largest absolute Gasteiger partial charge is 0.489 e. The zero-order valence-electron chi connectivity index (χ0n) is 15.0. The number of aliphatic imine (C=N–C) groups is 1. The standard InChI is InChI=1S/C18H30N4O/c1-7-12-23-16-11-9-8-10-15(16)13-20-17(19-4)21-14-18(2,3)22(5)6/h7-11H,1,12-14H2,2-6H3,(H2,19,20,21). The Kier molecular flexibility index (Phi) is 7.62. The summed E-state index contributed by atoms with van der Waals surface area (Å²) in [4.78, 5) is 6.46. The minimum Gasteiger partial charge on any atom is -0.489 e. The minimum absolute atomic E-state index is 0.0442. The van der Waals surface area contributed by atoms with E-state index in [1.807, 2.05) is 24.3 Å². The number of ether oxygens (including phenoxy) is 1. The third kappa shape index (κ3) is 6.32. The van der Waals surface area contributed by atoms with Crippen LogP contribution in [0, 0.1) is 0 Å². The van der Waals surface area contributed by atoms with Crippen LogP contribution in [0.3, 0.4) is 0 Å². The fourth-order valence-electron chi connectivity index (χ4n) is 1.80. The SMILES string of the molecule is C=CCOc1ccccc1CNC(=NC)NCC(C)(C)N(C)C. The van der Waals surface area contributed by atoms with Crippen molar-refractivity contribution < 1.29 is 4.74 Å². The molecule has 0 aliphatic heterocycles. The predicted molar refractivity (Wildman–Crippen MR) is 98.1 cm³/mol. The molecule has 0 spiro atoms. The van der Waals surface area contributed by atoms with E-state index in [0.29, 0.717) is 13.2 Å². The number of benzene rings is 1. The molecule has 1 rings (SSSR count). The van der Waals surface area contributed by atoms with Crippen molar-refractivity contribution in [3.63, 3.8) is 0 Å². The van der Waals surface area contributed by atoms with E-state index in [1.54, 1.807) is 13.1 Å². The van der Waals surface area contributed by atoms with Gasteiger partial charge in [0.05, 0.1) is 0 Å². The molecular weight excluding hydrogens is 288 g/mol. The van der Waals surface area contributed by atoms with Gasteiger partial charge in [0.2, 0.25) is 0 Å². The highest BCUT2D eigenvalue weighted by atomic mass is 16.5. The Hall–Kier alpha value is -2.01. The molecule has 0 atom stereocenters. The average Bonchev–Trinajstić information content (AvgIpc) is 2.53. The summed E-state index contributed by atoms with van der Waals surface area (Å²) in [7, 11) is 5.92. The second-order valence-corrected chi connectivity index (χ2v) is 6.19. The normalized spacial score (nSPS) is 12.2. The van der Waals surface area contributed by atoms with Crippen LogP contribution >= 0.6 is 0 Å². The Bertz CT molecular complexity index is 524. The van der Waals surface area contributed by atoms with Crippen molar-refractivity contribution in [3.05, 3.63) is 42.5 Å². The van der Waals surface area contributed by atoms with E-state index in [0.717, 1.165) is 23.8 Å². The first-order valence-electron chi connectivity index (χ1n) is 7.84. The molecule has 5 nitrogen and oxygen atoms in total. The van der Waals surface area contributed by atoms with Gasteiger partial charge >= 0.3 is 0 Å². The van der Waals surface area contributed by atoms with Crippen LogP contribution in [0.15, 0.2) is 41.9 Å². The number of nitrogens with zero attached hydrogens (tertiary/aromatic N) is 2. The van der Waals surface area contributed by atoms with Gasteiger partial charge in [-0.3, -0.25) is 4.99 Å². The zero-order chi connectivity index (χ0) is 17.3. The number of guanidine groups is 1. The van der Waals surface area contributed by atoms with Gasteiger partial charge < -0.3 is 20.3 Å². The highest BCUT2D eigenvalue weighted by Crippen LogP contribution is 2.17. The number of hydrogen-bond acceptors (Lipinski definition) is 3. The molecule has 23 heavy (non-hydrogen) atoms. The van der Waals surface area contributed by atoms with E-state index in [-0.39, 0.29) is 5.54 Å². The first kappa shape index (κ1) is 19.0. The summed E-state index contributed by atoms with van der Waals surface area (Å²) >= 11 is 0. The van der Waals surface area contributed by atoms with Gasteiger partial charge in [0.25, 0.3) is 0 Å². The number of rotatable bonds is 8. The molecule has 5 heteroatoms. The molecule has 0 aromatic heterocycles. The lowest BCUT2D eigenvalue weighted by atomic mass is 10.0. The Morgan fingerprint density at radius 2 is 2.00 bits per heavy atom. The van der Waals surface area contributed by atoms with E-state index in [9.17, 15) is 0 Å². The molecule has 0 saturated heterocycles. The first-order chi connectivity index (χ1) is 10.9. The summed E-state index contributed by atoms with van der Waals surface area (Å²) in [5.41, 5.74) is 1.13. The lowest BCUT2D eigenvalue weighted by Crippen LogP contribution is -2.50. The van der Waals surface area contributed by atoms with Crippen molar-refractivity contribution >= 4 is 5.96 Å². The van der Waals surface area contributed by atoms with E-state index in [1.165, 1.54) is 0 Å². The van der Waals surface area contributed by atoms with Crippen molar-refractivity contribution in [1.82, 2.24) is 15.5 Å². The molecule has 1 aromatic rings. The van der Waals surface area contributed by atoms with Crippen LogP contribution in [0.4, 0.5) is 0 Å². The number of para-hydroxylation sites is 1. The lowest BCUT2D eigenvalue weighted by Gasteiger charge is -2.33. The van der Waals surface area contributed by atoms with E-state index >= 15 is 0 Å². The molecular formula is C18H30N4O. The number of likely N-dealkylation sites (N-methyl/N-ethyl adjacent to an activating group) is 1. The van der Waals surface area contributed by atoms with Crippen LogP contribution in [-0.4, -0.2) is 50.7 Å². The fraction of sp³-hybridized carbons (Fsp3) is 0.500. The predicted octanol–water partition coefficient (Wildman–Crippen LogP) is 2.26. The maximum absolute atomic E-state index is 5.67. The highest BCUT2D eigenvalue weighted by Gasteiger charge is 2.20. The van der Waals surface area contributed by atoms with Crippen LogP contribution in [-0.2, 0) is 6.54 Å². The van der Waals surface area contributed by atoms with Crippen molar-refractivity contribution in [1.29, 1.82) is 0 Å². The van der Waals surface area contributed by atoms with Crippen LogP contribution in [0.2, 0.25) is 0 Å². The van der Waals surface area contributed by atoms with Crippen molar-refractivity contribution in [2.24, 2.45) is 4.99 Å². The maximum atomic E-state index is 5.67. The lowest BCUT2D eigenvalue weighted by molar-refractivity contribution is 0.197. The molecule has 0 fully saturated rings. The molecule has 0 saturated carbocycles. The average molecular weight is 318 g/mol. The Morgan fingerprint density at radius 1 is 1.30 bits per heavy atom. The third-order valence-corrected chi connectivity index (χ3v) is 3.90. The van der Waals surface area contributed by atoms with Crippen molar-refractivity contribution in [2.75, 3.05) is 34.3 Å². The van der Waals surface area contributed by atoms with Crippen LogP contribution in [0.1, 0.15) is 19.4 Å². The second-order valence-electron chi connectivity index (χ2n) is 6.19. The molecule has 0 aliphatic carbocycles. The van der Waals surface area contributed by atoms with Crippen LogP contribution in [0.5, 0.6) is 5.75 Å². The summed E-state index contributed by atoms with van der Waals surface area (Å²) < 4.78 is 5.67. The Balaban J connectivity index is 2.60. The van der Waals surface area contributed by atoms with Crippen molar-refractivity contribution in [2.45, 2.75) is 25.9 Å². The maximum Gasteiger partial charge on any atom is 0.191 e. The Morgan fingerprint density at radius 3 is 2.61 bits per heavy atom. The molecule has 0 unspecified atom stereocenters. The second kappa shape index (κ2) is 9.20. The molecule has 0 bridgehead atoms. The van der Waals surface area contributed by atoms with Gasteiger partial charge in [-0.25, -0.2) is 0 Å². The summed E-state index contributed by atoms with van der Waals surface area (Å²) in [5, 5.41) is 6.69. The quantitative estimate of drug-likeness (QED) is 0.438. The molecule has 2 N–H and O–H groups in total. The Labute approximate surface area is 140 Å². The monoisotopic (exact) mass is 318 g/mol. The summed E-state index contributed by atoms with van der Waals surface area (Å²) in [6, 6.07) is 7.98. The topological polar surface area (TPSA) is 48.9 Å². The highest BCUT2D eigenvalue weighted by molar-refractivity contribution is 5.79. The molecule has 0 amide bonds. The fourth-order valence-corrected chi connectivity index (χ4v) is 1.80. The van der Waals surface area contributed by atoms with Gasteiger partial charge in [0, 0.05) is 31.2 Å². The molecule has 1 aromatic carbocycles. The third-order valence-electron chi connectivity index (χ3n) is 3.90. The zero-order valence-corrected chi connectivity index (χ0v) is 15.0. The van der Waals surface area contributed by atoms with E-state index in [2.05, 4.69) is 55.0 Å². The van der Waals surface area contributed by atoms with Gasteiger partial charge in [0.15, 0.2) is 5.96 Å². The number of nitrogens with one attached hydrogen (secondary N) is 2. The van der Waals surface area contributed by atoms with Crippen molar-refractivity contribution in [3.8, 4) is 5.75 Å². The van der Waals surface area contributed by atoms with Gasteiger partial charge in [0.1, 0.15) is 12.4 Å². The summed E-state index contributed by atoms with van der Waals surface area (Å²) in [6.07, 6.45) is 1.74. The summed E-state index contributed by atoms with van der Waals surface area (Å²) in [5.74, 6) is 1.64. The van der Waals surface area contributed by atoms with Gasteiger partial charge in [-0.1, -0.05) is 30.9 Å².